The SMILES string of the molecule is COC(=O)c1ccc(OC(=O)[C@H]2CC(=O)N(c3ccc([N+](=O)[O-])cc3)C2)cc1. The molecular weight excluding hydrogens is 368 g/mol. The standard InChI is InChI=1S/C19H16N2O7/c1-27-18(23)12-2-8-16(9-3-12)28-19(24)13-10-17(22)20(11-13)14-4-6-15(7-5-14)21(25)26/h2-9,13H,10-11H2,1H3/t13-/m0/s1. The fraction of sp³-hybridized carbons (Fsp3) is 0.211. The summed E-state index contributed by atoms with van der Waals surface area (Å²) in [6, 6.07) is 11.4. The van der Waals surface area contributed by atoms with E-state index in [4.69, 9.17) is 4.74 Å². The topological polar surface area (TPSA) is 116 Å². The summed E-state index contributed by atoms with van der Waals surface area (Å²) in [5.41, 5.74) is 0.720. The Morgan fingerprint density at radius 2 is 1.75 bits per heavy atom. The average Bonchev–Trinajstić information content (AvgIpc) is 3.10. The lowest BCUT2D eigenvalue weighted by Crippen LogP contribution is -2.27. The number of methoxy groups -OCH3 is 1. The Hall–Kier alpha value is -3.75. The third-order valence-electron chi connectivity index (χ3n) is 4.32. The lowest BCUT2D eigenvalue weighted by atomic mass is 10.1. The molecule has 9 heteroatoms. The minimum atomic E-state index is -0.664. The summed E-state index contributed by atoms with van der Waals surface area (Å²) in [7, 11) is 1.27. The lowest BCUT2D eigenvalue weighted by Gasteiger charge is -2.16. The van der Waals surface area contributed by atoms with Gasteiger partial charge in [0.25, 0.3) is 5.69 Å². The van der Waals surface area contributed by atoms with E-state index in [0.717, 1.165) is 0 Å². The Labute approximate surface area is 159 Å². The number of carbonyl (C=O) groups excluding carboxylic acids is 3. The second-order valence-corrected chi connectivity index (χ2v) is 6.12. The zero-order valence-electron chi connectivity index (χ0n) is 14.9. The first-order chi connectivity index (χ1) is 13.4. The molecule has 2 aromatic rings. The number of non-ortho nitro benzene ring substituents is 1. The summed E-state index contributed by atoms with van der Waals surface area (Å²) in [5.74, 6) is -1.75. The number of benzene rings is 2. The molecule has 28 heavy (non-hydrogen) atoms. The number of anilines is 1. The second kappa shape index (κ2) is 7.87. The van der Waals surface area contributed by atoms with Crippen molar-refractivity contribution in [2.24, 2.45) is 5.92 Å². The normalized spacial score (nSPS) is 16.0. The van der Waals surface area contributed by atoms with Crippen molar-refractivity contribution in [2.45, 2.75) is 6.42 Å². The quantitative estimate of drug-likeness (QED) is 0.336. The van der Waals surface area contributed by atoms with Crippen LogP contribution in [0.5, 0.6) is 5.75 Å². The average molecular weight is 384 g/mol. The van der Waals surface area contributed by atoms with E-state index in [-0.39, 0.29) is 30.3 Å². The first-order valence-corrected chi connectivity index (χ1v) is 8.34. The molecule has 1 fully saturated rings. The Morgan fingerprint density at radius 1 is 1.11 bits per heavy atom. The molecule has 0 spiro atoms. The third-order valence-corrected chi connectivity index (χ3v) is 4.32. The van der Waals surface area contributed by atoms with Crippen LogP contribution in [0.15, 0.2) is 48.5 Å². The molecule has 0 aromatic heterocycles. The number of esters is 2. The number of amides is 1. The number of nitro benzene ring substituents is 1. The first-order valence-electron chi connectivity index (χ1n) is 8.34. The van der Waals surface area contributed by atoms with Gasteiger partial charge in [-0.1, -0.05) is 0 Å². The molecule has 0 radical (unpaired) electrons. The highest BCUT2D eigenvalue weighted by Crippen LogP contribution is 2.28. The number of nitrogens with zero attached hydrogens (tertiary/aromatic N) is 2. The minimum Gasteiger partial charge on any atom is -0.465 e. The van der Waals surface area contributed by atoms with E-state index in [0.29, 0.717) is 11.3 Å². The number of hydrogen-bond acceptors (Lipinski definition) is 7. The third kappa shape index (κ3) is 3.98. The molecule has 1 aliphatic rings. The van der Waals surface area contributed by atoms with Crippen LogP contribution >= 0.6 is 0 Å². The van der Waals surface area contributed by atoms with Gasteiger partial charge < -0.3 is 14.4 Å². The highest BCUT2D eigenvalue weighted by Gasteiger charge is 2.36. The smallest absolute Gasteiger partial charge is 0.337 e. The summed E-state index contributed by atoms with van der Waals surface area (Å²) < 4.78 is 9.89. The maximum Gasteiger partial charge on any atom is 0.337 e. The molecule has 1 aliphatic heterocycles. The number of hydrogen-bond donors (Lipinski definition) is 0. The molecule has 0 saturated carbocycles. The monoisotopic (exact) mass is 384 g/mol. The second-order valence-electron chi connectivity index (χ2n) is 6.12. The van der Waals surface area contributed by atoms with Crippen LogP contribution < -0.4 is 9.64 Å². The molecular formula is C19H16N2O7. The van der Waals surface area contributed by atoms with Gasteiger partial charge in [0.2, 0.25) is 5.91 Å². The van der Waals surface area contributed by atoms with E-state index in [1.807, 2.05) is 0 Å². The number of nitro groups is 1. The Balaban J connectivity index is 1.65. The Kier molecular flexibility index (Phi) is 5.35. The van der Waals surface area contributed by atoms with Crippen molar-refractivity contribution in [1.82, 2.24) is 0 Å². The molecule has 1 saturated heterocycles. The maximum absolute atomic E-state index is 12.4. The largest absolute Gasteiger partial charge is 0.465 e. The molecule has 0 aliphatic carbocycles. The molecule has 2 aromatic carbocycles. The van der Waals surface area contributed by atoms with Crippen LogP contribution in [-0.4, -0.2) is 36.4 Å². The summed E-state index contributed by atoms with van der Waals surface area (Å²) in [4.78, 5) is 47.6. The van der Waals surface area contributed by atoms with Crippen LogP contribution in [0.4, 0.5) is 11.4 Å². The van der Waals surface area contributed by atoms with Gasteiger partial charge in [0, 0.05) is 30.8 Å². The lowest BCUT2D eigenvalue weighted by molar-refractivity contribution is -0.384. The van der Waals surface area contributed by atoms with Gasteiger partial charge in [-0.05, 0) is 36.4 Å². The Morgan fingerprint density at radius 3 is 2.32 bits per heavy atom. The van der Waals surface area contributed by atoms with Crippen LogP contribution in [0, 0.1) is 16.0 Å². The minimum absolute atomic E-state index is 0.0178. The highest BCUT2D eigenvalue weighted by atomic mass is 16.6. The van der Waals surface area contributed by atoms with Gasteiger partial charge in [-0.2, -0.15) is 0 Å². The predicted octanol–water partition coefficient (Wildman–Crippen LogP) is 2.34. The fourth-order valence-corrected chi connectivity index (χ4v) is 2.85. The molecule has 1 amide bonds. The van der Waals surface area contributed by atoms with Gasteiger partial charge in [0.15, 0.2) is 0 Å². The van der Waals surface area contributed by atoms with E-state index < -0.39 is 22.8 Å². The van der Waals surface area contributed by atoms with Crippen molar-refractivity contribution in [1.29, 1.82) is 0 Å². The van der Waals surface area contributed by atoms with Crippen molar-refractivity contribution in [3.05, 3.63) is 64.2 Å². The zero-order chi connectivity index (χ0) is 20.3. The first kappa shape index (κ1) is 19.0. The Bertz CT molecular complexity index is 922. The van der Waals surface area contributed by atoms with E-state index in [2.05, 4.69) is 4.74 Å². The van der Waals surface area contributed by atoms with Gasteiger partial charge in [0.05, 0.1) is 23.5 Å². The fourth-order valence-electron chi connectivity index (χ4n) is 2.85. The van der Waals surface area contributed by atoms with Gasteiger partial charge >= 0.3 is 11.9 Å². The van der Waals surface area contributed by atoms with Crippen LogP contribution in [0.3, 0.4) is 0 Å². The molecule has 3 rings (SSSR count). The maximum atomic E-state index is 12.4. The van der Waals surface area contributed by atoms with Crippen molar-refractivity contribution >= 4 is 29.2 Å². The van der Waals surface area contributed by atoms with Gasteiger partial charge in [-0.3, -0.25) is 19.7 Å². The van der Waals surface area contributed by atoms with E-state index >= 15 is 0 Å². The predicted molar refractivity (Wildman–Crippen MR) is 97.0 cm³/mol. The van der Waals surface area contributed by atoms with E-state index in [1.165, 1.54) is 60.5 Å². The van der Waals surface area contributed by atoms with Crippen molar-refractivity contribution in [3.63, 3.8) is 0 Å². The molecule has 144 valence electrons. The van der Waals surface area contributed by atoms with Crippen molar-refractivity contribution in [3.8, 4) is 5.75 Å². The van der Waals surface area contributed by atoms with Gasteiger partial charge in [-0.15, -0.1) is 0 Å². The van der Waals surface area contributed by atoms with Crippen LogP contribution in [0.1, 0.15) is 16.8 Å². The van der Waals surface area contributed by atoms with Gasteiger partial charge in [0.1, 0.15) is 5.75 Å². The molecule has 0 unspecified atom stereocenters. The van der Waals surface area contributed by atoms with Crippen LogP contribution in [0.25, 0.3) is 0 Å². The van der Waals surface area contributed by atoms with Crippen molar-refractivity contribution < 1.29 is 28.8 Å². The van der Waals surface area contributed by atoms with Crippen LogP contribution in [0.2, 0.25) is 0 Å². The van der Waals surface area contributed by atoms with E-state index in [1.54, 1.807) is 0 Å². The number of ether oxygens (including phenoxy) is 2. The summed E-state index contributed by atoms with van der Waals surface area (Å²) >= 11 is 0. The summed E-state index contributed by atoms with van der Waals surface area (Å²) in [5, 5.41) is 10.7. The van der Waals surface area contributed by atoms with Gasteiger partial charge in [-0.25, -0.2) is 4.79 Å². The highest BCUT2D eigenvalue weighted by molar-refractivity contribution is 5.99. The number of carbonyl (C=O) groups is 3. The molecule has 9 nitrogen and oxygen atoms in total. The number of rotatable bonds is 5. The van der Waals surface area contributed by atoms with Crippen molar-refractivity contribution in [2.75, 3.05) is 18.6 Å². The molecule has 0 bridgehead atoms. The van der Waals surface area contributed by atoms with Crippen LogP contribution in [-0.2, 0) is 14.3 Å². The molecule has 0 N–H and O–H groups in total. The van der Waals surface area contributed by atoms with E-state index in [9.17, 15) is 24.5 Å². The molecule has 1 heterocycles. The summed E-state index contributed by atoms with van der Waals surface area (Å²) in [6.07, 6.45) is -0.0178. The summed E-state index contributed by atoms with van der Waals surface area (Å²) in [6.45, 7) is 0.121. The zero-order valence-corrected chi connectivity index (χ0v) is 14.9. The molecule has 1 atom stereocenters.